The quantitative estimate of drug-likeness (QED) is 0.837. The number of aryl methyl sites for hydroxylation is 1. The summed E-state index contributed by atoms with van der Waals surface area (Å²) in [7, 11) is 0. The van der Waals surface area contributed by atoms with Crippen LogP contribution in [0, 0.1) is 12.8 Å². The van der Waals surface area contributed by atoms with Crippen molar-refractivity contribution in [3.8, 4) is 5.75 Å². The molecule has 1 aliphatic heterocycles. The van der Waals surface area contributed by atoms with Crippen LogP contribution in [0.2, 0.25) is 0 Å². The normalized spacial score (nSPS) is 25.2. The second kappa shape index (κ2) is 6.63. The highest BCUT2D eigenvalue weighted by Gasteiger charge is 2.52. The van der Waals surface area contributed by atoms with Crippen molar-refractivity contribution < 1.29 is 14.6 Å². The van der Waals surface area contributed by atoms with E-state index >= 15 is 0 Å². The molecule has 5 rings (SSSR count). The molecule has 0 radical (unpaired) electrons. The molecule has 1 amide bonds. The molecular weight excluding hydrogens is 350 g/mol. The molecular formula is C24H27NO3. The van der Waals surface area contributed by atoms with Crippen LogP contribution in [-0.2, 0) is 16.6 Å². The highest BCUT2D eigenvalue weighted by Crippen LogP contribution is 2.49. The fourth-order valence-corrected chi connectivity index (χ4v) is 4.70. The summed E-state index contributed by atoms with van der Waals surface area (Å²) < 4.78 is 5.64. The summed E-state index contributed by atoms with van der Waals surface area (Å²) in [5.41, 5.74) is 4.30. The minimum Gasteiger partial charge on any atom is -0.493 e. The number of carbonyl (C=O) groups excluding carboxylic acids is 1. The van der Waals surface area contributed by atoms with Gasteiger partial charge >= 0.3 is 0 Å². The molecule has 1 atom stereocenters. The Hall–Kier alpha value is -2.33. The molecule has 2 aliphatic carbocycles. The summed E-state index contributed by atoms with van der Waals surface area (Å²) in [6.45, 7) is 2.80. The summed E-state index contributed by atoms with van der Waals surface area (Å²) in [5, 5.41) is 13.2. The third kappa shape index (κ3) is 3.00. The monoisotopic (exact) mass is 377 g/mol. The van der Waals surface area contributed by atoms with E-state index in [-0.39, 0.29) is 29.4 Å². The van der Waals surface area contributed by atoms with Crippen LogP contribution in [0.3, 0.4) is 0 Å². The third-order valence-corrected chi connectivity index (χ3v) is 6.77. The molecule has 1 heterocycles. The largest absolute Gasteiger partial charge is 0.493 e. The SMILES string of the molecule is Cc1ccc(C2(C(=O)N[C@@H](c3ccc4c(c3)CCO4)C3CC(O)C3)CC2)cc1. The molecule has 2 N–H and O–H groups in total. The van der Waals surface area contributed by atoms with E-state index in [1.54, 1.807) is 0 Å². The van der Waals surface area contributed by atoms with Gasteiger partial charge in [-0.2, -0.15) is 0 Å². The number of ether oxygens (including phenoxy) is 1. The van der Waals surface area contributed by atoms with E-state index < -0.39 is 0 Å². The second-order valence-corrected chi connectivity index (χ2v) is 8.75. The number of benzene rings is 2. The Bertz CT molecular complexity index is 895. The summed E-state index contributed by atoms with van der Waals surface area (Å²) in [5.74, 6) is 1.37. The number of nitrogens with one attached hydrogen (secondary N) is 1. The lowest BCUT2D eigenvalue weighted by atomic mass is 9.74. The van der Waals surface area contributed by atoms with E-state index in [4.69, 9.17) is 4.74 Å². The lowest BCUT2D eigenvalue weighted by Crippen LogP contribution is -2.44. The zero-order valence-electron chi connectivity index (χ0n) is 16.3. The molecule has 0 saturated heterocycles. The third-order valence-electron chi connectivity index (χ3n) is 6.77. The molecule has 0 unspecified atom stereocenters. The lowest BCUT2D eigenvalue weighted by molar-refractivity contribution is -0.125. The number of rotatable bonds is 5. The molecule has 0 aromatic heterocycles. The van der Waals surface area contributed by atoms with Crippen LogP contribution in [-0.4, -0.2) is 23.7 Å². The van der Waals surface area contributed by atoms with Gasteiger partial charge in [-0.1, -0.05) is 35.9 Å². The molecule has 0 spiro atoms. The number of hydrogen-bond acceptors (Lipinski definition) is 3. The van der Waals surface area contributed by atoms with Crippen LogP contribution in [0.15, 0.2) is 42.5 Å². The molecule has 146 valence electrons. The first-order valence-electron chi connectivity index (χ1n) is 10.4. The Labute approximate surface area is 165 Å². The van der Waals surface area contributed by atoms with Crippen molar-refractivity contribution in [2.24, 2.45) is 5.92 Å². The van der Waals surface area contributed by atoms with Crippen molar-refractivity contribution in [1.29, 1.82) is 0 Å². The topological polar surface area (TPSA) is 58.6 Å². The van der Waals surface area contributed by atoms with Crippen molar-refractivity contribution in [2.45, 2.75) is 56.6 Å². The maximum atomic E-state index is 13.4. The van der Waals surface area contributed by atoms with Crippen molar-refractivity contribution in [3.05, 3.63) is 64.7 Å². The summed E-state index contributed by atoms with van der Waals surface area (Å²) >= 11 is 0. The van der Waals surface area contributed by atoms with Gasteiger partial charge in [-0.05, 0) is 67.3 Å². The van der Waals surface area contributed by atoms with Gasteiger partial charge in [0.25, 0.3) is 0 Å². The molecule has 2 aromatic carbocycles. The van der Waals surface area contributed by atoms with Crippen molar-refractivity contribution >= 4 is 5.91 Å². The van der Waals surface area contributed by atoms with Crippen LogP contribution < -0.4 is 10.1 Å². The van der Waals surface area contributed by atoms with Gasteiger partial charge in [0.15, 0.2) is 0 Å². The predicted octanol–water partition coefficient (Wildman–Crippen LogP) is 3.59. The molecule has 4 nitrogen and oxygen atoms in total. The number of aliphatic hydroxyl groups excluding tert-OH is 1. The van der Waals surface area contributed by atoms with Gasteiger partial charge in [-0.15, -0.1) is 0 Å². The zero-order valence-corrected chi connectivity index (χ0v) is 16.3. The minimum atomic E-state index is -0.381. The fraction of sp³-hybridized carbons (Fsp3) is 0.458. The van der Waals surface area contributed by atoms with E-state index in [1.165, 1.54) is 11.1 Å². The Morgan fingerprint density at radius 1 is 1.18 bits per heavy atom. The highest BCUT2D eigenvalue weighted by molar-refractivity contribution is 5.91. The van der Waals surface area contributed by atoms with Gasteiger partial charge in [-0.25, -0.2) is 0 Å². The average molecular weight is 377 g/mol. The summed E-state index contributed by atoms with van der Waals surface area (Å²) in [6.07, 6.45) is 3.98. The van der Waals surface area contributed by atoms with E-state index in [0.717, 1.165) is 55.6 Å². The first-order chi connectivity index (χ1) is 13.5. The molecule has 2 saturated carbocycles. The minimum absolute atomic E-state index is 0.0512. The average Bonchev–Trinajstić information content (AvgIpc) is 3.35. The van der Waals surface area contributed by atoms with Crippen molar-refractivity contribution in [1.82, 2.24) is 5.32 Å². The van der Waals surface area contributed by atoms with Gasteiger partial charge < -0.3 is 15.2 Å². The van der Waals surface area contributed by atoms with Crippen LogP contribution in [0.5, 0.6) is 5.75 Å². The molecule has 0 bridgehead atoms. The van der Waals surface area contributed by atoms with E-state index in [1.807, 2.05) is 6.07 Å². The smallest absolute Gasteiger partial charge is 0.231 e. The number of hydrogen-bond donors (Lipinski definition) is 2. The Morgan fingerprint density at radius 3 is 2.61 bits per heavy atom. The molecule has 28 heavy (non-hydrogen) atoms. The van der Waals surface area contributed by atoms with Gasteiger partial charge in [0, 0.05) is 6.42 Å². The van der Waals surface area contributed by atoms with Crippen molar-refractivity contribution in [3.63, 3.8) is 0 Å². The Balaban J connectivity index is 1.41. The maximum absolute atomic E-state index is 13.4. The first kappa shape index (κ1) is 17.7. The second-order valence-electron chi connectivity index (χ2n) is 8.75. The van der Waals surface area contributed by atoms with E-state index in [0.29, 0.717) is 0 Å². The Morgan fingerprint density at radius 2 is 1.93 bits per heavy atom. The number of amides is 1. The summed E-state index contributed by atoms with van der Waals surface area (Å²) in [6, 6.07) is 14.6. The van der Waals surface area contributed by atoms with Crippen LogP contribution in [0.1, 0.15) is 54.0 Å². The molecule has 4 heteroatoms. The first-order valence-corrected chi connectivity index (χ1v) is 10.4. The maximum Gasteiger partial charge on any atom is 0.231 e. The summed E-state index contributed by atoms with van der Waals surface area (Å²) in [4.78, 5) is 13.4. The van der Waals surface area contributed by atoms with Crippen LogP contribution in [0.25, 0.3) is 0 Å². The van der Waals surface area contributed by atoms with Crippen molar-refractivity contribution in [2.75, 3.05) is 6.61 Å². The fourth-order valence-electron chi connectivity index (χ4n) is 4.70. The number of carbonyl (C=O) groups is 1. The van der Waals surface area contributed by atoms with E-state index in [2.05, 4.69) is 48.6 Å². The van der Waals surface area contributed by atoms with Crippen LogP contribution >= 0.6 is 0 Å². The zero-order chi connectivity index (χ0) is 19.3. The number of fused-ring (bicyclic) bond motifs is 1. The molecule has 3 aliphatic rings. The Kier molecular flexibility index (Phi) is 4.20. The lowest BCUT2D eigenvalue weighted by Gasteiger charge is -2.39. The number of aliphatic hydroxyl groups is 1. The van der Waals surface area contributed by atoms with Gasteiger partial charge in [-0.3, -0.25) is 4.79 Å². The van der Waals surface area contributed by atoms with Gasteiger partial charge in [0.2, 0.25) is 5.91 Å². The standard InChI is InChI=1S/C24H27NO3/c1-15-2-5-19(6-3-15)24(9-10-24)23(27)25-22(18-13-20(26)14-18)17-4-7-21-16(12-17)8-11-28-21/h2-7,12,18,20,22,26H,8-11,13-14H2,1H3,(H,25,27)/t18?,20?,22-/m0/s1. The van der Waals surface area contributed by atoms with Gasteiger partial charge in [0.05, 0.1) is 24.2 Å². The predicted molar refractivity (Wildman–Crippen MR) is 107 cm³/mol. The van der Waals surface area contributed by atoms with E-state index in [9.17, 15) is 9.90 Å². The highest BCUT2D eigenvalue weighted by atomic mass is 16.5. The van der Waals surface area contributed by atoms with Gasteiger partial charge in [0.1, 0.15) is 5.75 Å². The van der Waals surface area contributed by atoms with Crippen LogP contribution in [0.4, 0.5) is 0 Å². The molecule has 2 fully saturated rings. The molecule has 2 aromatic rings.